The number of aromatic nitrogens is 1. The van der Waals surface area contributed by atoms with Crippen molar-refractivity contribution in [1.29, 1.82) is 0 Å². The average Bonchev–Trinajstić information content (AvgIpc) is 1.57. The van der Waals surface area contributed by atoms with Crippen molar-refractivity contribution in [3.05, 3.63) is 148 Å². The van der Waals surface area contributed by atoms with Crippen LogP contribution in [0.5, 0.6) is 11.5 Å². The standard InChI is InChI=1S/C89H120ClN15O22S4/c1-12-92-86(120)100-62(38-53-22-14-13-15-23-53)79(113)98-64-46-130-131-47-65(99-84(118)75(52(6)107)102-77(111)60(26-18-19-33-91)95-80(114)63(42-56-45-94-59-25-17-16-24-58(56)59)97-78(112)61(96-81(64)115)39-54-28-30-57(108)31-29-54)82(116)101-74(51(5)106)83(117)93-34-36-129-128-35-32-71(109)104(8)50(4)85(119)126-70-43-72(110)105(9)66-40-55(41-67(123-10)73(66)90)37-48(2)21-20-27-69(124-11)89(122)44-68(125-87(121)103-89)49(3)76-88(70,7)127-76/h13-17,20-25,27-31,40-41,45,49-52,60-65,68-70,74-76,94,106-108,122H,12,18-19,26,32-39,42-44,46-47,91H2,1-11H3,(H,93,117)(H,95,114)(H,96,115)(H,97,112)(H,98,113)(H,99,118)(H,101,116)(H,102,111)(H,103,121)(H2,92,100,120)/b27-20+,48-21+/t49-,50+,51-,52?,60?,61+,62-,63-,64+,65+,68+,69-,70+,74+,75?,76+,88+,89+/m1/s1. The highest BCUT2D eigenvalue weighted by Crippen LogP contribution is 2.50. The minimum absolute atomic E-state index is 0.0561. The number of methoxy groups -OCH3 is 2. The number of para-hydroxylation sites is 1. The van der Waals surface area contributed by atoms with Gasteiger partial charge in [-0.05, 0) is 126 Å². The van der Waals surface area contributed by atoms with Gasteiger partial charge in [0.25, 0.3) is 0 Å². The second-order valence-electron chi connectivity index (χ2n) is 32.9. The number of unbranched alkanes of at least 4 members (excludes halogenated alkanes) is 1. The van der Waals surface area contributed by atoms with Gasteiger partial charge in [-0.25, -0.2) is 14.4 Å². The van der Waals surface area contributed by atoms with E-state index in [4.69, 9.17) is 41.0 Å². The number of hydrogen-bond donors (Lipinski definition) is 17. The predicted molar refractivity (Wildman–Crippen MR) is 498 cm³/mol. The monoisotopic (exact) mass is 1910 g/mol. The molecule has 4 aromatic carbocycles. The summed E-state index contributed by atoms with van der Waals surface area (Å²) in [7, 11) is 10.1. The number of epoxide rings is 1. The quantitative estimate of drug-likeness (QED) is 0.0130. The number of alkyl carbamates (subject to hydrolysis) is 1. The maximum atomic E-state index is 15.2. The highest BCUT2D eigenvalue weighted by molar-refractivity contribution is 8.77. The van der Waals surface area contributed by atoms with E-state index < -0.39 is 198 Å². The number of ether oxygens (including phenoxy) is 5. The third-order valence-corrected chi connectivity index (χ3v) is 28.2. The molecule has 18 atom stereocenters. The second kappa shape index (κ2) is 49.4. The number of phenolic OH excluding ortho intramolecular Hbond substituents is 1. The van der Waals surface area contributed by atoms with E-state index in [9.17, 15) is 68.4 Å². The van der Waals surface area contributed by atoms with Crippen LogP contribution in [0, 0.1) is 5.92 Å². The van der Waals surface area contributed by atoms with Gasteiger partial charge in [-0.15, -0.1) is 0 Å². The highest BCUT2D eigenvalue weighted by Gasteiger charge is 2.65. The number of nitrogens with two attached hydrogens (primary N) is 1. The molecule has 0 aliphatic carbocycles. The van der Waals surface area contributed by atoms with Gasteiger partial charge in [0.15, 0.2) is 5.72 Å². The summed E-state index contributed by atoms with van der Waals surface area (Å²) >= 11 is 6.89. The number of phenols is 1. The van der Waals surface area contributed by atoms with Crippen LogP contribution in [0.15, 0.2) is 121 Å². The molecule has 0 radical (unpaired) electrons. The van der Waals surface area contributed by atoms with Crippen LogP contribution in [0.3, 0.4) is 0 Å². The lowest BCUT2D eigenvalue weighted by Gasteiger charge is -2.42. The summed E-state index contributed by atoms with van der Waals surface area (Å²) < 4.78 is 29.7. The molecule has 3 saturated heterocycles. The van der Waals surface area contributed by atoms with Crippen molar-refractivity contribution in [2.45, 2.75) is 215 Å². The Morgan fingerprint density at radius 3 is 2.16 bits per heavy atom. The summed E-state index contributed by atoms with van der Waals surface area (Å²) in [5, 5.41) is 74.9. The molecule has 0 saturated carbocycles. The minimum atomic E-state index is -1.94. The van der Waals surface area contributed by atoms with Crippen molar-refractivity contribution >= 4 is 149 Å². The number of urea groups is 1. The van der Waals surface area contributed by atoms with Gasteiger partial charge in [-0.2, -0.15) is 0 Å². The first kappa shape index (κ1) is 104. The van der Waals surface area contributed by atoms with Gasteiger partial charge in [-0.1, -0.05) is 146 Å². The molecule has 714 valence electrons. The number of carbonyl (C=O) groups is 13. The number of carbonyl (C=O) groups excluding carboxylic acids is 13. The number of fused-ring (bicyclic) bond motifs is 6. The first-order chi connectivity index (χ1) is 62.4. The van der Waals surface area contributed by atoms with Crippen molar-refractivity contribution in [3.8, 4) is 11.5 Å². The largest absolute Gasteiger partial charge is 0.508 e. The number of halogens is 1. The van der Waals surface area contributed by atoms with Gasteiger partial charge >= 0.3 is 18.1 Å². The zero-order valence-corrected chi connectivity index (χ0v) is 78.9. The fourth-order valence-electron chi connectivity index (χ4n) is 15.2. The van der Waals surface area contributed by atoms with Crippen LogP contribution in [-0.2, 0) is 97.4 Å². The number of rotatable bonds is 31. The average molecular weight is 1920 g/mol. The first-order valence-corrected chi connectivity index (χ1v) is 48.5. The van der Waals surface area contributed by atoms with Crippen LogP contribution < -0.4 is 73.9 Å². The Bertz CT molecular complexity index is 4910. The molecule has 18 N–H and O–H groups in total. The topological polar surface area (TPSA) is 533 Å². The SMILES string of the molecule is CCNC(=O)N[C@H](Cc1ccccc1)C(=O)N[C@H]1CSSC[C@@H](C(=O)N[C@H](C(=O)NCCSSCCC(=O)N(C)[C@@H](C)C(=O)O[C@H]2CC(=O)N(C)c3cc(cc(OC)c3Cl)C/C(C)=C/C=C/[C@@H](OC)[C@@]3(O)C[C@H](OC(=O)N3)[C@@H](C)[C@@H]3O[C@@]23C)[C@@H](C)O)NC(=O)C(C(C)O)NC(=O)C(CCCCN)NC(=O)[C@@H](Cc2c[nH]c3ccccc23)NC(=O)[C@H](Cc2ccc(O)cc2)NC1=O. The van der Waals surface area contributed by atoms with Crippen molar-refractivity contribution in [2.75, 3.05) is 75.9 Å². The molecule has 5 aromatic rings. The molecule has 4 aliphatic rings. The minimum Gasteiger partial charge on any atom is -0.508 e. The summed E-state index contributed by atoms with van der Waals surface area (Å²) in [6.45, 7) is 11.1. The van der Waals surface area contributed by atoms with Crippen molar-refractivity contribution in [1.82, 2.24) is 68.4 Å². The Labute approximate surface area is 780 Å². The van der Waals surface area contributed by atoms with Crippen LogP contribution >= 0.6 is 54.8 Å². The predicted octanol–water partition coefficient (Wildman–Crippen LogP) is 3.68. The van der Waals surface area contributed by atoms with Gasteiger partial charge in [0.1, 0.15) is 94.8 Å². The third-order valence-electron chi connectivity index (χ3n) is 23.0. The molecule has 0 spiro atoms. The number of benzene rings is 4. The number of aliphatic hydroxyl groups is 3. The number of allylic oxidation sites excluding steroid dienone is 3. The summed E-state index contributed by atoms with van der Waals surface area (Å²) in [6, 6.07) is 10.5. The van der Waals surface area contributed by atoms with Crippen LogP contribution in [0.25, 0.3) is 10.9 Å². The molecule has 42 heteroatoms. The zero-order valence-electron chi connectivity index (χ0n) is 74.8. The lowest BCUT2D eigenvalue weighted by molar-refractivity contribution is -0.162. The number of aliphatic hydroxyl groups excluding tert-OH is 2. The Kier molecular flexibility index (Phi) is 39.4. The summed E-state index contributed by atoms with van der Waals surface area (Å²) in [5.74, 6) is -10.4. The maximum Gasteiger partial charge on any atom is 0.409 e. The smallest absolute Gasteiger partial charge is 0.409 e. The molecule has 4 bridgehead atoms. The molecule has 37 nitrogen and oxygen atoms in total. The number of hydrogen-bond acceptors (Lipinski definition) is 27. The van der Waals surface area contributed by atoms with Gasteiger partial charge in [0.2, 0.25) is 59.1 Å². The van der Waals surface area contributed by atoms with Gasteiger partial charge < -0.3 is 118 Å². The number of nitrogens with zero attached hydrogens (tertiary/aromatic N) is 2. The molecule has 4 aliphatic heterocycles. The van der Waals surface area contributed by atoms with E-state index in [1.165, 1.54) is 105 Å². The van der Waals surface area contributed by atoms with E-state index in [-0.39, 0.29) is 98.4 Å². The summed E-state index contributed by atoms with van der Waals surface area (Å²) in [6.07, 6.45) is -1.90. The second-order valence-corrected chi connectivity index (χ2v) is 38.5. The van der Waals surface area contributed by atoms with Crippen molar-refractivity contribution in [2.24, 2.45) is 11.7 Å². The van der Waals surface area contributed by atoms with Crippen LogP contribution in [0.1, 0.15) is 109 Å². The highest BCUT2D eigenvalue weighted by atomic mass is 35.5. The fourth-order valence-corrected chi connectivity index (χ4v) is 19.8. The van der Waals surface area contributed by atoms with Crippen molar-refractivity contribution in [3.63, 3.8) is 0 Å². The molecule has 5 heterocycles. The number of likely N-dealkylation sites (N-methyl/N-ethyl adjacent to an activating group) is 1. The third kappa shape index (κ3) is 29.3. The number of anilines is 1. The Hall–Kier alpha value is -10.3. The molecule has 13 amide bonds. The molecule has 3 fully saturated rings. The van der Waals surface area contributed by atoms with Gasteiger partial charge in [0, 0.05) is 112 Å². The number of amides is 13. The molecule has 9 rings (SSSR count). The fraction of sp³-hybridized carbons (Fsp3) is 0.517. The number of aromatic amines is 1. The van der Waals surface area contributed by atoms with Crippen molar-refractivity contribution < 1.29 is 106 Å². The van der Waals surface area contributed by atoms with E-state index in [0.29, 0.717) is 46.1 Å². The lowest BCUT2D eigenvalue weighted by atomic mass is 9.83. The maximum absolute atomic E-state index is 15.2. The van der Waals surface area contributed by atoms with Crippen LogP contribution in [0.2, 0.25) is 5.02 Å². The van der Waals surface area contributed by atoms with E-state index in [2.05, 4.69) is 63.5 Å². The summed E-state index contributed by atoms with van der Waals surface area (Å²) in [4.78, 5) is 194. The Morgan fingerprint density at radius 1 is 0.802 bits per heavy atom. The lowest BCUT2D eigenvalue weighted by Crippen LogP contribution is -2.63. The van der Waals surface area contributed by atoms with Gasteiger partial charge in [-0.3, -0.25) is 53.3 Å². The van der Waals surface area contributed by atoms with E-state index in [1.54, 1.807) is 106 Å². The van der Waals surface area contributed by atoms with E-state index >= 15 is 14.4 Å². The van der Waals surface area contributed by atoms with Crippen LogP contribution in [-0.4, -0.2) is 281 Å². The zero-order chi connectivity index (χ0) is 95.6. The van der Waals surface area contributed by atoms with E-state index in [0.717, 1.165) is 32.7 Å². The Morgan fingerprint density at radius 2 is 1.47 bits per heavy atom. The van der Waals surface area contributed by atoms with Gasteiger partial charge in [0.05, 0.1) is 37.5 Å². The number of H-pyrrole nitrogens is 1. The summed E-state index contributed by atoms with van der Waals surface area (Å²) in [5.41, 5.74) is 6.74. The number of aromatic hydroxyl groups is 1. The molecular weight excluding hydrogens is 1790 g/mol. The first-order valence-electron chi connectivity index (χ1n) is 43.1. The normalized spacial score (nSPS) is 25.6. The molecule has 3 unspecified atom stereocenters. The number of nitrogens with one attached hydrogen (secondary N) is 12. The molecule has 131 heavy (non-hydrogen) atoms. The Balaban J connectivity index is 0.890. The number of esters is 1. The molecule has 1 aromatic heterocycles. The van der Waals surface area contributed by atoms with Crippen LogP contribution in [0.4, 0.5) is 15.3 Å². The molecular formula is C89H120ClN15O22S4. The van der Waals surface area contributed by atoms with E-state index in [1.807, 2.05) is 13.0 Å².